The zero-order valence-electron chi connectivity index (χ0n) is 21.4. The minimum atomic E-state index is -3.87. The van der Waals surface area contributed by atoms with E-state index in [0.29, 0.717) is 11.4 Å². The number of ether oxygens (including phenoxy) is 1. The fourth-order valence-corrected chi connectivity index (χ4v) is 5.11. The van der Waals surface area contributed by atoms with Gasteiger partial charge in [0.05, 0.1) is 21.8 Å². The lowest BCUT2D eigenvalue weighted by atomic mass is 10.0. The van der Waals surface area contributed by atoms with Crippen molar-refractivity contribution in [3.63, 3.8) is 0 Å². The number of aromatic carboxylic acids is 1. The maximum absolute atomic E-state index is 12.4. The molecule has 0 aromatic heterocycles. The van der Waals surface area contributed by atoms with Crippen LogP contribution in [-0.4, -0.2) is 39.6 Å². The van der Waals surface area contributed by atoms with E-state index in [0.717, 1.165) is 56.0 Å². The number of carboxylic acid groups (broad SMARTS) is 1. The summed E-state index contributed by atoms with van der Waals surface area (Å²) in [6, 6.07) is 16.6. The third kappa shape index (κ3) is 5.73. The highest BCUT2D eigenvalue weighted by atomic mass is 32.2. The minimum absolute atomic E-state index is 0.137. The Kier molecular flexibility index (Phi) is 8.04. The van der Waals surface area contributed by atoms with Crippen LogP contribution in [0.5, 0.6) is 11.5 Å². The van der Waals surface area contributed by atoms with E-state index in [-0.39, 0.29) is 21.9 Å². The number of carboxylic acids is 1. The Morgan fingerprint density at radius 2 is 1.68 bits per heavy atom. The molecule has 9 heteroatoms. The largest absolute Gasteiger partial charge is 0.478 e. The quantitative estimate of drug-likeness (QED) is 0.214. The second kappa shape index (κ2) is 11.2. The van der Waals surface area contributed by atoms with Crippen molar-refractivity contribution in [2.24, 2.45) is 0 Å². The average molecular weight is 524 g/mol. The van der Waals surface area contributed by atoms with E-state index >= 15 is 0 Å². The summed E-state index contributed by atoms with van der Waals surface area (Å²) in [6.07, 6.45) is 4.55. The molecule has 3 N–H and O–H groups in total. The van der Waals surface area contributed by atoms with E-state index in [1.165, 1.54) is 18.8 Å². The van der Waals surface area contributed by atoms with Crippen molar-refractivity contribution in [1.29, 1.82) is 0 Å². The highest BCUT2D eigenvalue weighted by molar-refractivity contribution is 7.89. The third-order valence-corrected chi connectivity index (χ3v) is 7.85. The summed E-state index contributed by atoms with van der Waals surface area (Å²) in [5, 5.41) is 12.8. The molecule has 0 atom stereocenters. The molecule has 1 aliphatic heterocycles. The van der Waals surface area contributed by atoms with Crippen LogP contribution in [0, 0.1) is 0 Å². The second-order valence-electron chi connectivity index (χ2n) is 9.04. The molecule has 8 nitrogen and oxygen atoms in total. The van der Waals surface area contributed by atoms with E-state index in [2.05, 4.69) is 47.0 Å². The van der Waals surface area contributed by atoms with Gasteiger partial charge in [-0.25, -0.2) is 17.9 Å². The molecule has 0 amide bonds. The maximum atomic E-state index is 12.4. The summed E-state index contributed by atoms with van der Waals surface area (Å²) in [5.74, 6) is -0.634. The van der Waals surface area contributed by atoms with E-state index in [9.17, 15) is 18.3 Å². The van der Waals surface area contributed by atoms with E-state index < -0.39 is 16.0 Å². The van der Waals surface area contributed by atoms with Gasteiger partial charge in [0.25, 0.3) is 0 Å². The fraction of sp³-hybridized carbons (Fsp3) is 0.321. The molecule has 0 saturated heterocycles. The average Bonchev–Trinajstić information content (AvgIpc) is 2.91. The van der Waals surface area contributed by atoms with E-state index in [1.807, 2.05) is 24.3 Å². The highest BCUT2D eigenvalue weighted by Gasteiger charge is 2.27. The maximum Gasteiger partial charge on any atom is 0.338 e. The van der Waals surface area contributed by atoms with Gasteiger partial charge in [0.15, 0.2) is 11.5 Å². The molecule has 0 fully saturated rings. The molecule has 3 aromatic carbocycles. The zero-order chi connectivity index (χ0) is 26.6. The number of carbonyl (C=O) groups is 1. The summed E-state index contributed by atoms with van der Waals surface area (Å²) in [4.78, 5) is 14.1. The molecule has 0 unspecified atom stereocenters. The SMILES string of the molecule is CCCCN(CCCC)c1cccc(-c2ccc3c(c2)Oc2cc(S(=O)(=O)NC)cc(C(=O)O)c2N3)c1. The lowest BCUT2D eigenvalue weighted by Crippen LogP contribution is -2.25. The van der Waals surface area contributed by atoms with Crippen LogP contribution in [0.15, 0.2) is 59.5 Å². The highest BCUT2D eigenvalue weighted by Crippen LogP contribution is 2.46. The van der Waals surface area contributed by atoms with Crippen molar-refractivity contribution in [2.45, 2.75) is 44.4 Å². The van der Waals surface area contributed by atoms with Gasteiger partial charge in [-0.1, -0.05) is 44.9 Å². The Bertz CT molecular complexity index is 1400. The first kappa shape index (κ1) is 26.5. The molecule has 0 spiro atoms. The molecule has 1 aliphatic rings. The van der Waals surface area contributed by atoms with Crippen molar-refractivity contribution in [3.8, 4) is 22.6 Å². The number of nitrogens with one attached hydrogen (secondary N) is 2. The zero-order valence-corrected chi connectivity index (χ0v) is 22.2. The van der Waals surface area contributed by atoms with Crippen LogP contribution in [0.1, 0.15) is 49.9 Å². The second-order valence-corrected chi connectivity index (χ2v) is 10.9. The Morgan fingerprint density at radius 1 is 0.973 bits per heavy atom. The van der Waals surface area contributed by atoms with Crippen LogP contribution < -0.4 is 19.7 Å². The van der Waals surface area contributed by atoms with Gasteiger partial charge in [0.1, 0.15) is 0 Å². The van der Waals surface area contributed by atoms with Crippen LogP contribution in [0.25, 0.3) is 11.1 Å². The van der Waals surface area contributed by atoms with E-state index in [4.69, 9.17) is 4.74 Å². The van der Waals surface area contributed by atoms with Crippen molar-refractivity contribution >= 4 is 33.1 Å². The third-order valence-electron chi connectivity index (χ3n) is 6.45. The van der Waals surface area contributed by atoms with Gasteiger partial charge < -0.3 is 20.1 Å². The van der Waals surface area contributed by atoms with Crippen LogP contribution in [-0.2, 0) is 10.0 Å². The lowest BCUT2D eigenvalue weighted by molar-refractivity contribution is 0.0697. The van der Waals surface area contributed by atoms with Crippen LogP contribution in [0.4, 0.5) is 17.1 Å². The molecule has 4 rings (SSSR count). The topological polar surface area (TPSA) is 108 Å². The Morgan fingerprint density at radius 3 is 2.32 bits per heavy atom. The van der Waals surface area contributed by atoms with Gasteiger partial charge in [-0.05, 0) is 61.3 Å². The van der Waals surface area contributed by atoms with Gasteiger partial charge in [-0.2, -0.15) is 0 Å². The first-order valence-electron chi connectivity index (χ1n) is 12.6. The van der Waals surface area contributed by atoms with Crippen molar-refractivity contribution in [2.75, 3.05) is 30.4 Å². The van der Waals surface area contributed by atoms with Crippen LogP contribution in [0.3, 0.4) is 0 Å². The molecule has 196 valence electrons. The molecule has 3 aromatic rings. The molecular weight excluding hydrogens is 490 g/mol. The molecule has 0 aliphatic carbocycles. The summed E-state index contributed by atoms with van der Waals surface area (Å²) in [7, 11) is -2.60. The minimum Gasteiger partial charge on any atom is -0.478 e. The number of sulfonamides is 1. The summed E-state index contributed by atoms with van der Waals surface area (Å²) in [5.41, 5.74) is 3.78. The van der Waals surface area contributed by atoms with Gasteiger partial charge in [0.2, 0.25) is 10.0 Å². The molecule has 37 heavy (non-hydrogen) atoms. The molecule has 1 heterocycles. The number of benzene rings is 3. The number of unbranched alkanes of at least 4 members (excludes halogenated alkanes) is 2. The van der Waals surface area contributed by atoms with E-state index in [1.54, 1.807) is 0 Å². The summed E-state index contributed by atoms with van der Waals surface area (Å²) >= 11 is 0. The van der Waals surface area contributed by atoms with Gasteiger partial charge in [-0.3, -0.25) is 0 Å². The number of hydrogen-bond acceptors (Lipinski definition) is 6. The van der Waals surface area contributed by atoms with Crippen molar-refractivity contribution < 1.29 is 23.1 Å². The van der Waals surface area contributed by atoms with Gasteiger partial charge in [-0.15, -0.1) is 0 Å². The number of rotatable bonds is 11. The Hall–Kier alpha value is -3.56. The first-order chi connectivity index (χ1) is 17.8. The predicted molar refractivity (Wildman–Crippen MR) is 147 cm³/mol. The molecule has 0 saturated carbocycles. The monoisotopic (exact) mass is 523 g/mol. The van der Waals surface area contributed by atoms with Crippen molar-refractivity contribution in [3.05, 3.63) is 60.2 Å². The molecular formula is C28H33N3O5S. The normalized spacial score (nSPS) is 12.2. The Labute approximate surface area is 218 Å². The predicted octanol–water partition coefficient (Wildman–Crippen LogP) is 6.22. The van der Waals surface area contributed by atoms with Crippen LogP contribution in [0.2, 0.25) is 0 Å². The first-order valence-corrected chi connectivity index (χ1v) is 14.0. The fourth-order valence-electron chi connectivity index (χ4n) is 4.33. The summed E-state index contributed by atoms with van der Waals surface area (Å²) < 4.78 is 33.0. The van der Waals surface area contributed by atoms with Crippen LogP contribution >= 0.6 is 0 Å². The number of fused-ring (bicyclic) bond motifs is 2. The smallest absolute Gasteiger partial charge is 0.338 e. The van der Waals surface area contributed by atoms with Crippen molar-refractivity contribution in [1.82, 2.24) is 4.72 Å². The lowest BCUT2D eigenvalue weighted by Gasteiger charge is -2.26. The molecule has 0 radical (unpaired) electrons. The number of hydrogen-bond donors (Lipinski definition) is 3. The van der Waals surface area contributed by atoms with Gasteiger partial charge >= 0.3 is 5.97 Å². The standard InChI is InChI=1S/C28H33N3O5S/c1-4-6-13-31(14-7-5-2)21-10-8-9-19(15-21)20-11-12-24-25(16-20)36-26-18-22(37(34,35)29-3)17-23(28(32)33)27(26)30-24/h8-12,15-18,29-30H,4-7,13-14H2,1-3H3,(H,32,33). The van der Waals surface area contributed by atoms with Gasteiger partial charge in [0, 0.05) is 24.8 Å². The summed E-state index contributed by atoms with van der Waals surface area (Å²) in [6.45, 7) is 6.42. The Balaban J connectivity index is 1.69. The molecule has 0 bridgehead atoms. The number of anilines is 3. The number of nitrogens with zero attached hydrogens (tertiary/aromatic N) is 1.